The van der Waals surface area contributed by atoms with Crippen LogP contribution in [0.3, 0.4) is 0 Å². The van der Waals surface area contributed by atoms with Crippen LogP contribution in [-0.2, 0) is 13.1 Å². The molecule has 1 heterocycles. The van der Waals surface area contributed by atoms with E-state index in [9.17, 15) is 0 Å². The summed E-state index contributed by atoms with van der Waals surface area (Å²) in [5.41, 5.74) is 1.33. The fraction of sp³-hybridized carbons (Fsp3) is 0.600. The molecule has 0 aliphatic rings. The molecule has 0 spiro atoms. The Morgan fingerprint density at radius 2 is 2.36 bits per heavy atom. The molecule has 0 fully saturated rings. The third-order valence-electron chi connectivity index (χ3n) is 1.97. The minimum atomic E-state index is 0.775. The molecule has 0 saturated heterocycles. The summed E-state index contributed by atoms with van der Waals surface area (Å²) in [6.45, 7) is 8.86. The van der Waals surface area contributed by atoms with Gasteiger partial charge in [0.05, 0.1) is 6.54 Å². The number of hydrogen-bond acceptors (Lipinski definition) is 3. The summed E-state index contributed by atoms with van der Waals surface area (Å²) >= 11 is 0. The Labute approximate surface area is 85.0 Å². The second-order valence-electron chi connectivity index (χ2n) is 3.45. The summed E-state index contributed by atoms with van der Waals surface area (Å²) in [5.74, 6) is 0.995. The van der Waals surface area contributed by atoms with Crippen molar-refractivity contribution in [3.8, 4) is 0 Å². The Bertz CT molecular complexity index is 297. The Morgan fingerprint density at radius 3 is 3.00 bits per heavy atom. The third-order valence-corrected chi connectivity index (χ3v) is 1.97. The first-order chi connectivity index (χ1) is 6.74. The molecule has 1 aromatic rings. The molecule has 1 rings (SSSR count). The Hall–Kier alpha value is -1.16. The number of aromatic nitrogens is 3. The van der Waals surface area contributed by atoms with E-state index in [4.69, 9.17) is 0 Å². The fourth-order valence-electron chi connectivity index (χ4n) is 1.14. The van der Waals surface area contributed by atoms with Gasteiger partial charge in [0.1, 0.15) is 12.2 Å². The maximum atomic E-state index is 4.03. The summed E-state index contributed by atoms with van der Waals surface area (Å²) in [6.07, 6.45) is 3.92. The highest BCUT2D eigenvalue weighted by atomic mass is 15.3. The Morgan fingerprint density at radius 1 is 1.57 bits per heavy atom. The van der Waals surface area contributed by atoms with E-state index in [1.807, 2.05) is 4.57 Å². The molecule has 1 aromatic heterocycles. The van der Waals surface area contributed by atoms with Gasteiger partial charge in [-0.25, -0.2) is 0 Å². The van der Waals surface area contributed by atoms with Crippen molar-refractivity contribution in [1.82, 2.24) is 20.1 Å². The van der Waals surface area contributed by atoms with Gasteiger partial charge < -0.3 is 9.88 Å². The number of aryl methyl sites for hydroxylation is 1. The maximum Gasteiger partial charge on any atom is 0.146 e. The SMILES string of the molecule is CCn1cnnc1CNCC=C(C)C. The van der Waals surface area contributed by atoms with Crippen LogP contribution in [0.5, 0.6) is 0 Å². The maximum absolute atomic E-state index is 4.03. The van der Waals surface area contributed by atoms with Crippen molar-refractivity contribution in [1.29, 1.82) is 0 Å². The van der Waals surface area contributed by atoms with E-state index in [0.29, 0.717) is 0 Å². The van der Waals surface area contributed by atoms with Crippen LogP contribution in [0.25, 0.3) is 0 Å². The van der Waals surface area contributed by atoms with Crippen LogP contribution in [-0.4, -0.2) is 21.3 Å². The lowest BCUT2D eigenvalue weighted by atomic mass is 10.3. The van der Waals surface area contributed by atoms with Gasteiger partial charge in [0.25, 0.3) is 0 Å². The largest absolute Gasteiger partial charge is 0.317 e. The first kappa shape index (κ1) is 10.9. The number of nitrogens with one attached hydrogen (secondary N) is 1. The summed E-state index contributed by atoms with van der Waals surface area (Å²) in [5, 5.41) is 11.2. The molecule has 0 unspecified atom stereocenters. The van der Waals surface area contributed by atoms with E-state index < -0.39 is 0 Å². The molecular formula is C10H18N4. The molecule has 0 atom stereocenters. The second kappa shape index (κ2) is 5.54. The number of rotatable bonds is 5. The van der Waals surface area contributed by atoms with Gasteiger partial charge in [-0.1, -0.05) is 11.6 Å². The standard InChI is InChI=1S/C10H18N4/c1-4-14-8-12-13-10(14)7-11-6-5-9(2)3/h5,8,11H,4,6-7H2,1-3H3. The highest BCUT2D eigenvalue weighted by molar-refractivity contribution is 4.95. The molecular weight excluding hydrogens is 176 g/mol. The normalized spacial score (nSPS) is 10.2. The summed E-state index contributed by atoms with van der Waals surface area (Å²) in [4.78, 5) is 0. The molecule has 14 heavy (non-hydrogen) atoms. The van der Waals surface area contributed by atoms with Gasteiger partial charge >= 0.3 is 0 Å². The third kappa shape index (κ3) is 3.30. The zero-order valence-electron chi connectivity index (χ0n) is 9.12. The van der Waals surface area contributed by atoms with Gasteiger partial charge in [-0.05, 0) is 20.8 Å². The van der Waals surface area contributed by atoms with Crippen molar-refractivity contribution < 1.29 is 0 Å². The van der Waals surface area contributed by atoms with Crippen LogP contribution in [0.1, 0.15) is 26.6 Å². The van der Waals surface area contributed by atoms with Crippen LogP contribution in [0.4, 0.5) is 0 Å². The van der Waals surface area contributed by atoms with Gasteiger partial charge in [0.2, 0.25) is 0 Å². The van der Waals surface area contributed by atoms with Crippen molar-refractivity contribution >= 4 is 0 Å². The molecule has 0 aromatic carbocycles. The van der Waals surface area contributed by atoms with Gasteiger partial charge in [-0.3, -0.25) is 0 Å². The van der Waals surface area contributed by atoms with E-state index >= 15 is 0 Å². The first-order valence-corrected chi connectivity index (χ1v) is 4.94. The minimum Gasteiger partial charge on any atom is -0.317 e. The molecule has 0 aliphatic carbocycles. The average Bonchev–Trinajstić information content (AvgIpc) is 2.59. The second-order valence-corrected chi connectivity index (χ2v) is 3.45. The summed E-state index contributed by atoms with van der Waals surface area (Å²) in [6, 6.07) is 0. The van der Waals surface area contributed by atoms with Gasteiger partial charge in [0.15, 0.2) is 0 Å². The predicted octanol–water partition coefficient (Wildman–Crippen LogP) is 1.35. The van der Waals surface area contributed by atoms with Crippen molar-refractivity contribution in [2.45, 2.75) is 33.9 Å². The van der Waals surface area contributed by atoms with Crippen LogP contribution in [0.15, 0.2) is 18.0 Å². The van der Waals surface area contributed by atoms with Gasteiger partial charge in [0, 0.05) is 13.1 Å². The summed E-state index contributed by atoms with van der Waals surface area (Å²) in [7, 11) is 0. The quantitative estimate of drug-likeness (QED) is 0.568. The Balaban J connectivity index is 2.34. The first-order valence-electron chi connectivity index (χ1n) is 4.94. The lowest BCUT2D eigenvalue weighted by molar-refractivity contribution is 0.639. The molecule has 4 nitrogen and oxygen atoms in total. The molecule has 0 aliphatic heterocycles. The molecule has 0 radical (unpaired) electrons. The van der Waals surface area contributed by atoms with Gasteiger partial charge in [-0.15, -0.1) is 10.2 Å². The molecule has 4 heteroatoms. The van der Waals surface area contributed by atoms with E-state index in [0.717, 1.165) is 25.5 Å². The van der Waals surface area contributed by atoms with Crippen molar-refractivity contribution in [3.05, 3.63) is 23.8 Å². The Kier molecular flexibility index (Phi) is 4.32. The predicted molar refractivity (Wildman–Crippen MR) is 56.8 cm³/mol. The van der Waals surface area contributed by atoms with Crippen LogP contribution in [0.2, 0.25) is 0 Å². The van der Waals surface area contributed by atoms with Crippen LogP contribution < -0.4 is 5.32 Å². The number of hydrogen-bond donors (Lipinski definition) is 1. The van der Waals surface area contributed by atoms with Crippen molar-refractivity contribution in [2.24, 2.45) is 0 Å². The van der Waals surface area contributed by atoms with E-state index in [2.05, 4.69) is 42.4 Å². The summed E-state index contributed by atoms with van der Waals surface area (Å²) < 4.78 is 2.04. The van der Waals surface area contributed by atoms with E-state index in [-0.39, 0.29) is 0 Å². The van der Waals surface area contributed by atoms with Crippen molar-refractivity contribution in [2.75, 3.05) is 6.54 Å². The molecule has 0 amide bonds. The number of allylic oxidation sites excluding steroid dienone is 1. The van der Waals surface area contributed by atoms with E-state index in [1.165, 1.54) is 5.57 Å². The smallest absolute Gasteiger partial charge is 0.146 e. The number of nitrogens with zero attached hydrogens (tertiary/aromatic N) is 3. The van der Waals surface area contributed by atoms with Gasteiger partial charge in [-0.2, -0.15) is 0 Å². The lowest BCUT2D eigenvalue weighted by Gasteiger charge is -2.03. The molecule has 0 saturated carbocycles. The van der Waals surface area contributed by atoms with Crippen LogP contribution >= 0.6 is 0 Å². The average molecular weight is 194 g/mol. The highest BCUT2D eigenvalue weighted by Gasteiger charge is 1.99. The monoisotopic (exact) mass is 194 g/mol. The minimum absolute atomic E-state index is 0.775. The zero-order chi connectivity index (χ0) is 10.4. The molecule has 1 N–H and O–H groups in total. The molecule has 78 valence electrons. The highest BCUT2D eigenvalue weighted by Crippen LogP contribution is 1.94. The zero-order valence-corrected chi connectivity index (χ0v) is 9.12. The lowest BCUT2D eigenvalue weighted by Crippen LogP contribution is -2.16. The van der Waals surface area contributed by atoms with Crippen molar-refractivity contribution in [3.63, 3.8) is 0 Å². The van der Waals surface area contributed by atoms with Crippen LogP contribution in [0, 0.1) is 0 Å². The topological polar surface area (TPSA) is 42.7 Å². The molecule has 0 bridgehead atoms. The van der Waals surface area contributed by atoms with E-state index in [1.54, 1.807) is 6.33 Å². The fourth-order valence-corrected chi connectivity index (χ4v) is 1.14.